The first kappa shape index (κ1) is 18.4. The number of carbonyl (C=O) groups is 1. The normalized spacial score (nSPS) is 24.3. The number of carbonyl (C=O) groups excluding carboxylic acids is 1. The lowest BCUT2D eigenvalue weighted by molar-refractivity contribution is -0.210. The van der Waals surface area contributed by atoms with Gasteiger partial charge in [-0.1, -0.05) is 12.1 Å². The van der Waals surface area contributed by atoms with E-state index in [1.54, 1.807) is 6.33 Å². The standard InChI is InChI=1S/C20H28N4O3/c21-8-12-27-18-13-17(25)20(18)6-10-23(11-7-20)19(26)5-9-24-14-22-15-3-1-2-4-16(15)24/h1-4,14,17-18,25H,5-13,21H2/t17-,18+/m1/s1. The maximum atomic E-state index is 12.7. The summed E-state index contributed by atoms with van der Waals surface area (Å²) in [6, 6.07) is 7.95. The zero-order valence-corrected chi connectivity index (χ0v) is 15.6. The summed E-state index contributed by atoms with van der Waals surface area (Å²) in [6.07, 6.45) is 4.28. The summed E-state index contributed by atoms with van der Waals surface area (Å²) in [7, 11) is 0. The Balaban J connectivity index is 1.31. The van der Waals surface area contributed by atoms with Crippen LogP contribution >= 0.6 is 0 Å². The number of likely N-dealkylation sites (tertiary alicyclic amines) is 1. The quantitative estimate of drug-likeness (QED) is 0.793. The number of hydrogen-bond acceptors (Lipinski definition) is 5. The molecule has 27 heavy (non-hydrogen) atoms. The van der Waals surface area contributed by atoms with Crippen molar-refractivity contribution >= 4 is 16.9 Å². The molecule has 0 bridgehead atoms. The number of aromatic nitrogens is 2. The molecule has 0 radical (unpaired) electrons. The van der Waals surface area contributed by atoms with Gasteiger partial charge in [0.25, 0.3) is 0 Å². The minimum atomic E-state index is -0.324. The molecular weight excluding hydrogens is 344 g/mol. The van der Waals surface area contributed by atoms with Gasteiger partial charge in [0, 0.05) is 44.4 Å². The highest BCUT2D eigenvalue weighted by molar-refractivity contribution is 5.77. The summed E-state index contributed by atoms with van der Waals surface area (Å²) in [4.78, 5) is 19.0. The first-order valence-electron chi connectivity index (χ1n) is 9.81. The summed E-state index contributed by atoms with van der Waals surface area (Å²) in [5, 5.41) is 10.3. The van der Waals surface area contributed by atoms with Crippen LogP contribution in [0.1, 0.15) is 25.7 Å². The summed E-state index contributed by atoms with van der Waals surface area (Å²) in [5.41, 5.74) is 7.35. The highest BCUT2D eigenvalue weighted by atomic mass is 16.5. The summed E-state index contributed by atoms with van der Waals surface area (Å²) >= 11 is 0. The van der Waals surface area contributed by atoms with Crippen LogP contribution in [0.15, 0.2) is 30.6 Å². The van der Waals surface area contributed by atoms with Gasteiger partial charge < -0.3 is 25.0 Å². The van der Waals surface area contributed by atoms with Gasteiger partial charge in [-0.3, -0.25) is 4.79 Å². The molecule has 1 aliphatic heterocycles. The van der Waals surface area contributed by atoms with E-state index in [1.807, 2.05) is 33.7 Å². The first-order chi connectivity index (χ1) is 13.1. The number of fused-ring (bicyclic) bond motifs is 1. The molecule has 2 fully saturated rings. The fourth-order valence-electron chi connectivity index (χ4n) is 4.56. The van der Waals surface area contributed by atoms with Crippen LogP contribution in [0, 0.1) is 5.41 Å². The second kappa shape index (κ2) is 7.58. The molecule has 7 nitrogen and oxygen atoms in total. The van der Waals surface area contributed by atoms with Crippen LogP contribution in [0.25, 0.3) is 11.0 Å². The average Bonchev–Trinajstić information content (AvgIpc) is 3.12. The molecule has 1 saturated carbocycles. The molecule has 146 valence electrons. The van der Waals surface area contributed by atoms with Crippen LogP contribution in [0.5, 0.6) is 0 Å². The second-order valence-corrected chi connectivity index (χ2v) is 7.69. The lowest BCUT2D eigenvalue weighted by Crippen LogP contribution is -2.63. The van der Waals surface area contributed by atoms with E-state index in [0.717, 1.165) is 23.9 Å². The largest absolute Gasteiger partial charge is 0.392 e. The van der Waals surface area contributed by atoms with Crippen molar-refractivity contribution in [3.63, 3.8) is 0 Å². The van der Waals surface area contributed by atoms with E-state index in [2.05, 4.69) is 4.98 Å². The van der Waals surface area contributed by atoms with E-state index in [4.69, 9.17) is 10.5 Å². The van der Waals surface area contributed by atoms with Crippen LogP contribution in [0.3, 0.4) is 0 Å². The number of aryl methyl sites for hydroxylation is 1. The van der Waals surface area contributed by atoms with E-state index in [1.165, 1.54) is 0 Å². The lowest BCUT2D eigenvalue weighted by atomic mass is 9.58. The van der Waals surface area contributed by atoms with Crippen molar-refractivity contribution in [1.29, 1.82) is 0 Å². The summed E-state index contributed by atoms with van der Waals surface area (Å²) in [6.45, 7) is 3.02. The van der Waals surface area contributed by atoms with Crippen molar-refractivity contribution in [1.82, 2.24) is 14.5 Å². The highest BCUT2D eigenvalue weighted by Gasteiger charge is 2.56. The van der Waals surface area contributed by atoms with Gasteiger partial charge in [0.05, 0.1) is 36.2 Å². The molecule has 0 unspecified atom stereocenters. The molecule has 2 atom stereocenters. The number of amides is 1. The molecular formula is C20H28N4O3. The van der Waals surface area contributed by atoms with Crippen molar-refractivity contribution in [2.75, 3.05) is 26.2 Å². The fraction of sp³-hybridized carbons (Fsp3) is 0.600. The van der Waals surface area contributed by atoms with Crippen molar-refractivity contribution in [2.24, 2.45) is 11.1 Å². The smallest absolute Gasteiger partial charge is 0.224 e. The van der Waals surface area contributed by atoms with Gasteiger partial charge in [0.1, 0.15) is 0 Å². The lowest BCUT2D eigenvalue weighted by Gasteiger charge is -2.56. The van der Waals surface area contributed by atoms with Gasteiger partial charge in [-0.25, -0.2) is 4.98 Å². The Labute approximate surface area is 159 Å². The maximum absolute atomic E-state index is 12.7. The predicted molar refractivity (Wildman–Crippen MR) is 102 cm³/mol. The number of aliphatic hydroxyl groups excluding tert-OH is 1. The van der Waals surface area contributed by atoms with E-state index in [0.29, 0.717) is 45.6 Å². The molecule has 1 spiro atoms. The first-order valence-corrected chi connectivity index (χ1v) is 9.81. The Morgan fingerprint density at radius 3 is 2.85 bits per heavy atom. The van der Waals surface area contributed by atoms with Crippen LogP contribution < -0.4 is 5.73 Å². The van der Waals surface area contributed by atoms with Gasteiger partial charge in [-0.15, -0.1) is 0 Å². The summed E-state index contributed by atoms with van der Waals surface area (Å²) in [5.74, 6) is 0.163. The van der Waals surface area contributed by atoms with Crippen molar-refractivity contribution < 1.29 is 14.6 Å². The van der Waals surface area contributed by atoms with Crippen LogP contribution in [-0.4, -0.2) is 63.9 Å². The second-order valence-electron chi connectivity index (χ2n) is 7.69. The Bertz CT molecular complexity index is 797. The number of hydrogen-bond donors (Lipinski definition) is 2. The molecule has 3 N–H and O–H groups in total. The third-order valence-corrected chi connectivity index (χ3v) is 6.32. The Morgan fingerprint density at radius 1 is 1.33 bits per heavy atom. The number of rotatable bonds is 6. The number of para-hydroxylation sites is 2. The summed E-state index contributed by atoms with van der Waals surface area (Å²) < 4.78 is 7.86. The van der Waals surface area contributed by atoms with Crippen LogP contribution in [0.4, 0.5) is 0 Å². The number of imidazole rings is 1. The van der Waals surface area contributed by atoms with Gasteiger partial charge in [-0.2, -0.15) is 0 Å². The molecule has 1 amide bonds. The maximum Gasteiger partial charge on any atom is 0.224 e. The Kier molecular flexibility index (Phi) is 5.16. The average molecular weight is 372 g/mol. The van der Waals surface area contributed by atoms with E-state index in [-0.39, 0.29) is 23.5 Å². The molecule has 1 aromatic heterocycles. The zero-order chi connectivity index (χ0) is 18.9. The Hall–Kier alpha value is -1.96. The SMILES string of the molecule is NCCO[C@H]1C[C@@H](O)C12CCN(C(=O)CCn1cnc3ccccc31)CC2. The molecule has 1 aromatic carbocycles. The molecule has 4 rings (SSSR count). The minimum absolute atomic E-state index is 0.0746. The number of ether oxygens (including phenoxy) is 1. The van der Waals surface area contributed by atoms with Crippen molar-refractivity contribution in [2.45, 2.75) is 44.4 Å². The molecule has 2 aliphatic rings. The molecule has 2 aromatic rings. The van der Waals surface area contributed by atoms with E-state index in [9.17, 15) is 9.90 Å². The van der Waals surface area contributed by atoms with Gasteiger partial charge in [0.15, 0.2) is 0 Å². The molecule has 1 saturated heterocycles. The van der Waals surface area contributed by atoms with Crippen LogP contribution in [-0.2, 0) is 16.1 Å². The topological polar surface area (TPSA) is 93.6 Å². The number of benzene rings is 1. The third kappa shape index (κ3) is 3.35. The fourth-order valence-corrected chi connectivity index (χ4v) is 4.56. The zero-order valence-electron chi connectivity index (χ0n) is 15.6. The van der Waals surface area contributed by atoms with Gasteiger partial charge in [0.2, 0.25) is 5.91 Å². The predicted octanol–water partition coefficient (Wildman–Crippen LogP) is 1.14. The van der Waals surface area contributed by atoms with Crippen LogP contribution in [0.2, 0.25) is 0 Å². The number of nitrogens with two attached hydrogens (primary N) is 1. The minimum Gasteiger partial charge on any atom is -0.392 e. The molecule has 7 heteroatoms. The molecule has 2 heterocycles. The molecule has 1 aliphatic carbocycles. The van der Waals surface area contributed by atoms with Crippen molar-refractivity contribution in [3.8, 4) is 0 Å². The highest BCUT2D eigenvalue weighted by Crippen LogP contribution is 2.50. The number of aliphatic hydroxyl groups is 1. The monoisotopic (exact) mass is 372 g/mol. The van der Waals surface area contributed by atoms with Crippen molar-refractivity contribution in [3.05, 3.63) is 30.6 Å². The van der Waals surface area contributed by atoms with Gasteiger partial charge >= 0.3 is 0 Å². The van der Waals surface area contributed by atoms with E-state index >= 15 is 0 Å². The third-order valence-electron chi connectivity index (χ3n) is 6.32. The number of piperidine rings is 1. The van der Waals surface area contributed by atoms with Gasteiger partial charge in [-0.05, 0) is 25.0 Å². The Morgan fingerprint density at radius 2 is 2.11 bits per heavy atom. The number of nitrogens with zero attached hydrogens (tertiary/aromatic N) is 3. The van der Waals surface area contributed by atoms with E-state index < -0.39 is 0 Å².